The van der Waals surface area contributed by atoms with Gasteiger partial charge in [-0.15, -0.1) is 0 Å². The average molecular weight is 633 g/mol. The van der Waals surface area contributed by atoms with Crippen LogP contribution < -0.4 is 0 Å². The molecule has 2 saturated carbocycles. The highest BCUT2D eigenvalue weighted by atomic mass is 16.7. The lowest BCUT2D eigenvalue weighted by molar-refractivity contribution is -0.299. The standard InChI is InChI=1S/C34H48O11/c1-16-11-24(44-31(42)20(16)15-43-32-30(41)29(40)28(39)25(14-36)45-32)19(13-35)22-10-9-21-18-8-7-17-5-4-6-26(37)33(17,2)23(18)12-27(38)34(21,22)3/h4,6-7,18-19,21-25,27-30,32,35-36,38-41H,5,8-15H2,1-3H3/t18-,19-,21-,22+,23-,24+,25+,27-,28+,29-,30+,32+,33-,34-/m0/s1. The fraction of sp³-hybridized carbons (Fsp3) is 0.765. The number of hydrogen-bond donors (Lipinski definition) is 6. The summed E-state index contributed by atoms with van der Waals surface area (Å²) in [5.41, 5.74) is 0.992. The molecule has 0 spiro atoms. The van der Waals surface area contributed by atoms with E-state index in [0.717, 1.165) is 31.3 Å². The molecule has 45 heavy (non-hydrogen) atoms. The van der Waals surface area contributed by atoms with E-state index in [0.29, 0.717) is 18.4 Å². The molecule has 0 aromatic rings. The highest BCUT2D eigenvalue weighted by Crippen LogP contribution is 2.66. The van der Waals surface area contributed by atoms with Gasteiger partial charge >= 0.3 is 5.97 Å². The number of hydrogen-bond acceptors (Lipinski definition) is 11. The number of rotatable bonds is 7. The molecule has 250 valence electrons. The van der Waals surface area contributed by atoms with Gasteiger partial charge in [-0.2, -0.15) is 0 Å². The minimum Gasteiger partial charge on any atom is -0.458 e. The minimum atomic E-state index is -1.60. The van der Waals surface area contributed by atoms with E-state index in [1.54, 1.807) is 13.0 Å². The molecule has 0 amide bonds. The van der Waals surface area contributed by atoms with Crippen molar-refractivity contribution in [2.24, 2.45) is 40.4 Å². The van der Waals surface area contributed by atoms with E-state index in [1.165, 1.54) is 0 Å². The van der Waals surface area contributed by atoms with Crippen molar-refractivity contribution in [3.8, 4) is 0 Å². The molecular formula is C34H48O11. The third kappa shape index (κ3) is 5.09. The quantitative estimate of drug-likeness (QED) is 0.174. The fourth-order valence-corrected chi connectivity index (χ4v) is 10.0. The molecule has 4 aliphatic carbocycles. The molecule has 3 fully saturated rings. The Morgan fingerprint density at radius 1 is 1.04 bits per heavy atom. The maximum Gasteiger partial charge on any atom is 0.336 e. The number of cyclic esters (lactones) is 1. The monoisotopic (exact) mass is 632 g/mol. The average Bonchev–Trinajstić information content (AvgIpc) is 3.36. The molecule has 0 radical (unpaired) electrons. The summed E-state index contributed by atoms with van der Waals surface area (Å²) in [6.07, 6.45) is 1.56. The van der Waals surface area contributed by atoms with E-state index in [4.69, 9.17) is 14.2 Å². The molecule has 2 aliphatic heterocycles. The first-order valence-corrected chi connectivity index (χ1v) is 16.4. The van der Waals surface area contributed by atoms with Gasteiger partial charge in [-0.3, -0.25) is 4.79 Å². The molecule has 0 aromatic heterocycles. The molecule has 0 unspecified atom stereocenters. The van der Waals surface area contributed by atoms with Gasteiger partial charge in [0.2, 0.25) is 0 Å². The molecular weight excluding hydrogens is 584 g/mol. The Labute approximate surface area is 263 Å². The first kappa shape index (κ1) is 33.0. The number of aliphatic hydroxyl groups excluding tert-OH is 6. The lowest BCUT2D eigenvalue weighted by Gasteiger charge is -2.58. The first-order chi connectivity index (χ1) is 21.4. The molecule has 6 aliphatic rings. The number of ether oxygens (including phenoxy) is 3. The van der Waals surface area contributed by atoms with Crippen LogP contribution in [0.3, 0.4) is 0 Å². The maximum atomic E-state index is 13.3. The Bertz CT molecular complexity index is 1270. The van der Waals surface area contributed by atoms with E-state index < -0.39 is 72.2 Å². The van der Waals surface area contributed by atoms with Crippen LogP contribution in [0.2, 0.25) is 0 Å². The molecule has 14 atom stereocenters. The van der Waals surface area contributed by atoms with Gasteiger partial charge in [0.1, 0.15) is 30.5 Å². The highest BCUT2D eigenvalue weighted by molar-refractivity contribution is 5.98. The number of esters is 1. The second-order valence-corrected chi connectivity index (χ2v) is 14.6. The van der Waals surface area contributed by atoms with Gasteiger partial charge in [0.25, 0.3) is 0 Å². The van der Waals surface area contributed by atoms with Gasteiger partial charge in [0, 0.05) is 18.9 Å². The van der Waals surface area contributed by atoms with Crippen LogP contribution in [0.5, 0.6) is 0 Å². The number of fused-ring (bicyclic) bond motifs is 5. The number of aliphatic hydroxyl groups is 6. The maximum absolute atomic E-state index is 13.3. The molecule has 6 rings (SSSR count). The summed E-state index contributed by atoms with van der Waals surface area (Å²) in [6.45, 7) is 4.88. The SMILES string of the molecule is CC1=C(CO[C@@H]2O[C@H](CO)[C@@H](O)[C@H](O)[C@H]2O)C(=O)O[C@@H]([C@@H](CO)[C@H]2CC[C@H]3[C@@H]4CC=C5CC=CC(=O)[C@]5(C)[C@H]4C[C@H](O)[C@]23C)C1. The van der Waals surface area contributed by atoms with Gasteiger partial charge in [-0.1, -0.05) is 30.2 Å². The Kier molecular flexibility index (Phi) is 8.97. The van der Waals surface area contributed by atoms with Crippen LogP contribution in [0.1, 0.15) is 59.3 Å². The Morgan fingerprint density at radius 2 is 1.80 bits per heavy atom. The summed E-state index contributed by atoms with van der Waals surface area (Å²) >= 11 is 0. The van der Waals surface area contributed by atoms with Crippen molar-refractivity contribution in [2.75, 3.05) is 19.8 Å². The van der Waals surface area contributed by atoms with Gasteiger partial charge in [0.05, 0.1) is 30.3 Å². The summed E-state index contributed by atoms with van der Waals surface area (Å²) in [5.74, 6) is -0.527. The van der Waals surface area contributed by atoms with Gasteiger partial charge in [0.15, 0.2) is 12.1 Å². The third-order valence-corrected chi connectivity index (χ3v) is 12.8. The van der Waals surface area contributed by atoms with E-state index >= 15 is 0 Å². The predicted octanol–water partition coefficient (Wildman–Crippen LogP) is 0.938. The van der Waals surface area contributed by atoms with Crippen LogP contribution in [0, 0.1) is 40.4 Å². The normalized spacial score (nSPS) is 47.0. The zero-order valence-electron chi connectivity index (χ0n) is 26.2. The topological polar surface area (TPSA) is 183 Å². The van der Waals surface area contributed by atoms with Gasteiger partial charge < -0.3 is 44.8 Å². The van der Waals surface area contributed by atoms with Gasteiger partial charge in [-0.05, 0) is 81.1 Å². The molecule has 1 saturated heterocycles. The Hall–Kier alpha value is -1.96. The van der Waals surface area contributed by atoms with Crippen molar-refractivity contribution in [1.29, 1.82) is 0 Å². The van der Waals surface area contributed by atoms with Crippen LogP contribution in [-0.4, -0.2) is 105 Å². The van der Waals surface area contributed by atoms with Crippen molar-refractivity contribution in [2.45, 2.75) is 102 Å². The van der Waals surface area contributed by atoms with E-state index in [-0.39, 0.29) is 48.2 Å². The van der Waals surface area contributed by atoms with E-state index in [2.05, 4.69) is 19.9 Å². The van der Waals surface area contributed by atoms with E-state index in [9.17, 15) is 40.2 Å². The summed E-state index contributed by atoms with van der Waals surface area (Å²) in [6, 6.07) is 0. The van der Waals surface area contributed by atoms with Crippen molar-refractivity contribution < 1.29 is 54.4 Å². The van der Waals surface area contributed by atoms with Crippen LogP contribution in [0.4, 0.5) is 0 Å². The lowest BCUT2D eigenvalue weighted by Crippen LogP contribution is -2.59. The van der Waals surface area contributed by atoms with Crippen LogP contribution in [0.15, 0.2) is 34.9 Å². The van der Waals surface area contributed by atoms with Crippen LogP contribution in [-0.2, 0) is 23.8 Å². The zero-order chi connectivity index (χ0) is 32.4. The van der Waals surface area contributed by atoms with Gasteiger partial charge in [-0.25, -0.2) is 4.79 Å². The molecule has 6 N–H and O–H groups in total. The minimum absolute atomic E-state index is 0.0540. The predicted molar refractivity (Wildman–Crippen MR) is 159 cm³/mol. The fourth-order valence-electron chi connectivity index (χ4n) is 10.0. The number of ketones is 1. The summed E-state index contributed by atoms with van der Waals surface area (Å²) < 4.78 is 17.0. The molecule has 0 aromatic carbocycles. The van der Waals surface area contributed by atoms with Crippen molar-refractivity contribution in [1.82, 2.24) is 0 Å². The third-order valence-electron chi connectivity index (χ3n) is 12.8. The summed E-state index contributed by atoms with van der Waals surface area (Å²) in [4.78, 5) is 26.5. The second-order valence-electron chi connectivity index (χ2n) is 14.6. The van der Waals surface area contributed by atoms with Crippen molar-refractivity contribution >= 4 is 11.8 Å². The summed E-state index contributed by atoms with van der Waals surface area (Å²) in [5, 5.41) is 62.4. The number of carbonyl (C=O) groups excluding carboxylic acids is 2. The lowest BCUT2D eigenvalue weighted by atomic mass is 9.46. The molecule has 0 bridgehead atoms. The summed E-state index contributed by atoms with van der Waals surface area (Å²) in [7, 11) is 0. The van der Waals surface area contributed by atoms with Crippen LogP contribution in [0.25, 0.3) is 0 Å². The van der Waals surface area contributed by atoms with Crippen molar-refractivity contribution in [3.63, 3.8) is 0 Å². The zero-order valence-corrected chi connectivity index (χ0v) is 26.2. The molecule has 11 nitrogen and oxygen atoms in total. The largest absolute Gasteiger partial charge is 0.458 e. The number of allylic oxidation sites excluding steroid dienone is 4. The Balaban J connectivity index is 1.17. The van der Waals surface area contributed by atoms with Crippen molar-refractivity contribution in [3.05, 3.63) is 34.9 Å². The molecule has 11 heteroatoms. The Morgan fingerprint density at radius 3 is 2.49 bits per heavy atom. The first-order valence-electron chi connectivity index (χ1n) is 16.4. The molecule has 2 heterocycles. The second kappa shape index (κ2) is 12.2. The van der Waals surface area contributed by atoms with E-state index in [1.807, 2.05) is 6.08 Å². The highest BCUT2D eigenvalue weighted by Gasteiger charge is 2.64. The van der Waals surface area contributed by atoms with Crippen LogP contribution >= 0.6 is 0 Å². The number of carbonyl (C=O) groups is 2. The smallest absolute Gasteiger partial charge is 0.336 e.